The molecule has 0 aliphatic heterocycles. The van der Waals surface area contributed by atoms with E-state index in [9.17, 15) is 22.8 Å². The van der Waals surface area contributed by atoms with Crippen LogP contribution in [0, 0.1) is 0 Å². The van der Waals surface area contributed by atoms with Crippen LogP contribution >= 0.6 is 0 Å². The third-order valence-corrected chi connectivity index (χ3v) is 3.62. The number of hydrogen-bond donors (Lipinski definition) is 2. The van der Waals surface area contributed by atoms with Gasteiger partial charge in [0.25, 0.3) is 5.66 Å². The zero-order valence-electron chi connectivity index (χ0n) is 15.5. The monoisotopic (exact) mass is 392 g/mol. The topological polar surface area (TPSA) is 85.9 Å². The van der Waals surface area contributed by atoms with Crippen LogP contribution in [0.15, 0.2) is 18.2 Å². The highest BCUT2D eigenvalue weighted by atomic mass is 19.4. The SMILES string of the molecule is CCOC(=O)[C@@](NCCc1ccc(OC)c(OC)c1)(NC(C)=O)C(F)(F)F. The minimum atomic E-state index is -5.11. The molecule has 1 aromatic rings. The molecule has 0 unspecified atom stereocenters. The molecule has 27 heavy (non-hydrogen) atoms. The maximum absolute atomic E-state index is 13.6. The molecule has 0 bridgehead atoms. The molecule has 7 nitrogen and oxygen atoms in total. The molecule has 1 atom stereocenters. The van der Waals surface area contributed by atoms with E-state index in [4.69, 9.17) is 9.47 Å². The molecule has 0 fully saturated rings. The van der Waals surface area contributed by atoms with Crippen molar-refractivity contribution in [2.45, 2.75) is 32.1 Å². The minimum Gasteiger partial charge on any atom is -0.493 e. The van der Waals surface area contributed by atoms with E-state index >= 15 is 0 Å². The second-order valence-electron chi connectivity index (χ2n) is 5.52. The molecule has 1 aromatic carbocycles. The van der Waals surface area contributed by atoms with E-state index in [2.05, 4.69) is 10.1 Å². The number of methoxy groups -OCH3 is 2. The lowest BCUT2D eigenvalue weighted by molar-refractivity contribution is -0.221. The first-order valence-corrected chi connectivity index (χ1v) is 8.09. The molecular weight excluding hydrogens is 369 g/mol. The number of carbonyl (C=O) groups is 2. The first kappa shape index (κ1) is 22.6. The first-order chi connectivity index (χ1) is 12.6. The number of rotatable bonds is 9. The second kappa shape index (κ2) is 9.45. The fraction of sp³-hybridized carbons (Fsp3) is 0.529. The van der Waals surface area contributed by atoms with Crippen LogP contribution in [0.2, 0.25) is 0 Å². The van der Waals surface area contributed by atoms with Gasteiger partial charge in [0.05, 0.1) is 20.8 Å². The number of hydrogen-bond acceptors (Lipinski definition) is 6. The summed E-state index contributed by atoms with van der Waals surface area (Å²) in [6.45, 7) is 1.72. The van der Waals surface area contributed by atoms with Crippen LogP contribution in [-0.4, -0.2) is 51.1 Å². The molecule has 0 radical (unpaired) electrons. The van der Waals surface area contributed by atoms with Gasteiger partial charge in [-0.3, -0.25) is 10.1 Å². The van der Waals surface area contributed by atoms with Gasteiger partial charge < -0.3 is 19.5 Å². The van der Waals surface area contributed by atoms with Crippen LogP contribution in [0.1, 0.15) is 19.4 Å². The van der Waals surface area contributed by atoms with Gasteiger partial charge in [-0.1, -0.05) is 6.07 Å². The molecule has 0 aliphatic carbocycles. The van der Waals surface area contributed by atoms with Crippen LogP contribution in [0.5, 0.6) is 11.5 Å². The number of alkyl halides is 3. The highest BCUT2D eigenvalue weighted by Gasteiger charge is 2.62. The molecule has 1 amide bonds. The van der Waals surface area contributed by atoms with Crippen molar-refractivity contribution in [2.75, 3.05) is 27.4 Å². The van der Waals surface area contributed by atoms with Gasteiger partial charge in [-0.25, -0.2) is 4.79 Å². The van der Waals surface area contributed by atoms with E-state index < -0.39 is 23.7 Å². The quantitative estimate of drug-likeness (QED) is 0.492. The van der Waals surface area contributed by atoms with E-state index in [0.717, 1.165) is 6.92 Å². The van der Waals surface area contributed by atoms with Gasteiger partial charge in [0.1, 0.15) is 0 Å². The van der Waals surface area contributed by atoms with Gasteiger partial charge >= 0.3 is 12.1 Å². The summed E-state index contributed by atoms with van der Waals surface area (Å²) < 4.78 is 55.7. The van der Waals surface area contributed by atoms with Gasteiger partial charge in [0.2, 0.25) is 5.91 Å². The van der Waals surface area contributed by atoms with Crippen molar-refractivity contribution >= 4 is 11.9 Å². The summed E-state index contributed by atoms with van der Waals surface area (Å²) in [5.74, 6) is -1.76. The summed E-state index contributed by atoms with van der Waals surface area (Å²) in [5.41, 5.74) is -2.69. The summed E-state index contributed by atoms with van der Waals surface area (Å²) in [6.07, 6.45) is -4.99. The van der Waals surface area contributed by atoms with E-state index in [1.807, 2.05) is 0 Å². The lowest BCUT2D eigenvalue weighted by Crippen LogP contribution is -2.72. The Kier molecular flexibility index (Phi) is 7.89. The lowest BCUT2D eigenvalue weighted by Gasteiger charge is -2.34. The van der Waals surface area contributed by atoms with Crippen LogP contribution in [-0.2, 0) is 20.7 Å². The summed E-state index contributed by atoms with van der Waals surface area (Å²) in [5, 5.41) is 3.75. The Bertz CT molecular complexity index is 666. The average Bonchev–Trinajstić information content (AvgIpc) is 2.59. The maximum Gasteiger partial charge on any atom is 0.436 e. The van der Waals surface area contributed by atoms with Crippen molar-refractivity contribution in [2.24, 2.45) is 0 Å². The zero-order chi connectivity index (χ0) is 20.7. The van der Waals surface area contributed by atoms with Crippen molar-refractivity contribution in [3.63, 3.8) is 0 Å². The number of nitrogens with one attached hydrogen (secondary N) is 2. The molecule has 0 spiro atoms. The van der Waals surface area contributed by atoms with Crippen LogP contribution in [0.25, 0.3) is 0 Å². The highest BCUT2D eigenvalue weighted by molar-refractivity contribution is 5.87. The Hall–Kier alpha value is -2.49. The maximum atomic E-state index is 13.6. The molecule has 152 valence electrons. The van der Waals surface area contributed by atoms with Crippen molar-refractivity contribution in [3.05, 3.63) is 23.8 Å². The average molecular weight is 392 g/mol. The smallest absolute Gasteiger partial charge is 0.436 e. The predicted octanol–water partition coefficient (Wildman–Crippen LogP) is 1.79. The van der Waals surface area contributed by atoms with Crippen LogP contribution in [0.4, 0.5) is 13.2 Å². The Balaban J connectivity index is 3.03. The molecule has 0 saturated heterocycles. The Morgan fingerprint density at radius 1 is 1.11 bits per heavy atom. The zero-order valence-corrected chi connectivity index (χ0v) is 15.5. The molecule has 0 aromatic heterocycles. The van der Waals surface area contributed by atoms with Gasteiger partial charge in [0.15, 0.2) is 11.5 Å². The van der Waals surface area contributed by atoms with E-state index in [0.29, 0.717) is 17.1 Å². The number of ether oxygens (including phenoxy) is 3. The largest absolute Gasteiger partial charge is 0.493 e. The van der Waals surface area contributed by atoms with Crippen molar-refractivity contribution in [3.8, 4) is 11.5 Å². The third-order valence-electron chi connectivity index (χ3n) is 3.62. The molecule has 0 saturated carbocycles. The summed E-state index contributed by atoms with van der Waals surface area (Å²) in [4.78, 5) is 23.3. The number of halogens is 3. The normalized spacial score (nSPS) is 13.4. The van der Waals surface area contributed by atoms with E-state index in [1.54, 1.807) is 23.5 Å². The summed E-state index contributed by atoms with van der Waals surface area (Å²) in [7, 11) is 2.90. The fourth-order valence-corrected chi connectivity index (χ4v) is 2.39. The van der Waals surface area contributed by atoms with Crippen molar-refractivity contribution in [1.82, 2.24) is 10.6 Å². The summed E-state index contributed by atoms with van der Waals surface area (Å²) >= 11 is 0. The molecule has 0 aliphatic rings. The minimum absolute atomic E-state index is 0.122. The number of esters is 1. The first-order valence-electron chi connectivity index (χ1n) is 8.09. The number of amides is 1. The lowest BCUT2D eigenvalue weighted by atomic mass is 10.1. The Morgan fingerprint density at radius 2 is 1.74 bits per heavy atom. The molecular formula is C17H23F3N2O5. The Morgan fingerprint density at radius 3 is 2.22 bits per heavy atom. The Labute approximate surface area is 155 Å². The molecule has 1 rings (SSSR count). The van der Waals surface area contributed by atoms with Crippen LogP contribution < -0.4 is 20.1 Å². The summed E-state index contributed by atoms with van der Waals surface area (Å²) in [6, 6.07) is 4.88. The van der Waals surface area contributed by atoms with Gasteiger partial charge in [-0.15, -0.1) is 0 Å². The fourth-order valence-electron chi connectivity index (χ4n) is 2.39. The van der Waals surface area contributed by atoms with Crippen molar-refractivity contribution in [1.29, 1.82) is 0 Å². The third kappa shape index (κ3) is 5.49. The molecule has 10 heteroatoms. The standard InChI is InChI=1S/C17H23F3N2O5/c1-5-27-15(24)16(17(18,19)20,22-11(2)23)21-9-8-12-6-7-13(25-3)14(10-12)26-4/h6-7,10,21H,5,8-9H2,1-4H3,(H,22,23)/t16-/m1/s1. The van der Waals surface area contributed by atoms with E-state index in [-0.39, 0.29) is 19.6 Å². The van der Waals surface area contributed by atoms with Gasteiger partial charge in [0, 0.05) is 13.5 Å². The van der Waals surface area contributed by atoms with Gasteiger partial charge in [-0.2, -0.15) is 13.2 Å². The number of benzene rings is 1. The van der Waals surface area contributed by atoms with Crippen LogP contribution in [0.3, 0.4) is 0 Å². The van der Waals surface area contributed by atoms with Gasteiger partial charge in [-0.05, 0) is 31.0 Å². The molecule has 0 heterocycles. The van der Waals surface area contributed by atoms with Crippen molar-refractivity contribution < 1.29 is 37.0 Å². The second-order valence-corrected chi connectivity index (χ2v) is 5.52. The highest BCUT2D eigenvalue weighted by Crippen LogP contribution is 2.30. The number of carbonyl (C=O) groups excluding carboxylic acids is 2. The predicted molar refractivity (Wildman–Crippen MR) is 90.5 cm³/mol. The molecule has 2 N–H and O–H groups in total. The van der Waals surface area contributed by atoms with E-state index in [1.165, 1.54) is 21.1 Å².